The average Bonchev–Trinajstić information content (AvgIpc) is 2.20. The number of rotatable bonds is 3. The molecule has 1 rings (SSSR count). The van der Waals surface area contributed by atoms with Crippen molar-refractivity contribution < 1.29 is 4.79 Å². The molecule has 1 heterocycles. The van der Waals surface area contributed by atoms with Crippen molar-refractivity contribution >= 4 is 5.91 Å². The van der Waals surface area contributed by atoms with E-state index in [9.17, 15) is 4.79 Å². The number of nitrogens with two attached hydrogens (primary N) is 1. The van der Waals surface area contributed by atoms with Crippen molar-refractivity contribution in [2.45, 2.75) is 38.8 Å². The Bertz CT molecular complexity index is 196. The molecule has 2 unspecified atom stereocenters. The molecule has 14 heavy (non-hydrogen) atoms. The van der Waals surface area contributed by atoms with E-state index in [0.717, 1.165) is 19.5 Å². The standard InChI is InChI=1S/C10H21N3O/c1-3-8(11)10(14)13-9-6-12-5-4-7(9)2/h7-9,12H,3-6,11H2,1-2H3,(H,13,14)/t7?,8-,9?/m0/s1. The smallest absolute Gasteiger partial charge is 0.237 e. The maximum Gasteiger partial charge on any atom is 0.237 e. The topological polar surface area (TPSA) is 67.2 Å². The normalized spacial score (nSPS) is 29.6. The molecule has 4 N–H and O–H groups in total. The van der Waals surface area contributed by atoms with E-state index >= 15 is 0 Å². The van der Waals surface area contributed by atoms with Crippen LogP contribution >= 0.6 is 0 Å². The lowest BCUT2D eigenvalue weighted by molar-refractivity contribution is -0.123. The van der Waals surface area contributed by atoms with Crippen molar-refractivity contribution in [1.82, 2.24) is 10.6 Å². The van der Waals surface area contributed by atoms with E-state index in [4.69, 9.17) is 5.73 Å². The summed E-state index contributed by atoms with van der Waals surface area (Å²) in [6.45, 7) is 6.01. The first-order chi connectivity index (χ1) is 6.65. The van der Waals surface area contributed by atoms with Crippen molar-refractivity contribution in [3.8, 4) is 0 Å². The Morgan fingerprint density at radius 3 is 3.00 bits per heavy atom. The molecule has 82 valence electrons. The van der Waals surface area contributed by atoms with Gasteiger partial charge in [-0.3, -0.25) is 4.79 Å². The molecule has 4 heteroatoms. The Kier molecular flexibility index (Phi) is 4.35. The van der Waals surface area contributed by atoms with Gasteiger partial charge in [0.25, 0.3) is 0 Å². The number of amides is 1. The predicted octanol–water partition coefficient (Wildman–Crippen LogP) is -0.162. The zero-order valence-corrected chi connectivity index (χ0v) is 9.05. The van der Waals surface area contributed by atoms with Crippen LogP contribution in [-0.2, 0) is 4.79 Å². The first-order valence-corrected chi connectivity index (χ1v) is 5.41. The summed E-state index contributed by atoms with van der Waals surface area (Å²) in [5, 5.41) is 6.26. The van der Waals surface area contributed by atoms with Crippen molar-refractivity contribution in [3.63, 3.8) is 0 Å². The minimum atomic E-state index is -0.357. The Morgan fingerprint density at radius 1 is 1.71 bits per heavy atom. The van der Waals surface area contributed by atoms with Crippen molar-refractivity contribution in [1.29, 1.82) is 0 Å². The van der Waals surface area contributed by atoms with Crippen LogP contribution in [0.1, 0.15) is 26.7 Å². The molecule has 1 aliphatic heterocycles. The fraction of sp³-hybridized carbons (Fsp3) is 0.900. The molecule has 0 saturated carbocycles. The van der Waals surface area contributed by atoms with E-state index in [2.05, 4.69) is 17.6 Å². The third-order valence-corrected chi connectivity index (χ3v) is 2.93. The van der Waals surface area contributed by atoms with E-state index in [1.54, 1.807) is 0 Å². The van der Waals surface area contributed by atoms with Gasteiger partial charge in [0.15, 0.2) is 0 Å². The average molecular weight is 199 g/mol. The first-order valence-electron chi connectivity index (χ1n) is 5.41. The number of carbonyl (C=O) groups is 1. The van der Waals surface area contributed by atoms with E-state index in [1.165, 1.54) is 0 Å². The monoisotopic (exact) mass is 199 g/mol. The molecule has 1 amide bonds. The van der Waals surface area contributed by atoms with Crippen molar-refractivity contribution in [2.75, 3.05) is 13.1 Å². The molecule has 4 nitrogen and oxygen atoms in total. The Morgan fingerprint density at radius 2 is 2.43 bits per heavy atom. The van der Waals surface area contributed by atoms with Gasteiger partial charge < -0.3 is 16.4 Å². The second kappa shape index (κ2) is 5.32. The number of hydrogen-bond acceptors (Lipinski definition) is 3. The third-order valence-electron chi connectivity index (χ3n) is 2.93. The summed E-state index contributed by atoms with van der Waals surface area (Å²) >= 11 is 0. The zero-order chi connectivity index (χ0) is 10.6. The lowest BCUT2D eigenvalue weighted by Crippen LogP contribution is -2.53. The van der Waals surface area contributed by atoms with Crippen LogP contribution in [0.25, 0.3) is 0 Å². The number of nitrogens with one attached hydrogen (secondary N) is 2. The molecular formula is C10H21N3O. The van der Waals surface area contributed by atoms with Gasteiger partial charge in [-0.15, -0.1) is 0 Å². The second-order valence-corrected chi connectivity index (χ2v) is 4.10. The molecule has 0 aromatic heterocycles. The van der Waals surface area contributed by atoms with Gasteiger partial charge in [-0.2, -0.15) is 0 Å². The molecule has 3 atom stereocenters. The maximum atomic E-state index is 11.5. The highest BCUT2D eigenvalue weighted by Crippen LogP contribution is 2.11. The van der Waals surface area contributed by atoms with Crippen molar-refractivity contribution in [3.05, 3.63) is 0 Å². The van der Waals surface area contributed by atoms with Crippen LogP contribution in [0.15, 0.2) is 0 Å². The fourth-order valence-corrected chi connectivity index (χ4v) is 1.66. The van der Waals surface area contributed by atoms with Crippen LogP contribution in [0.5, 0.6) is 0 Å². The summed E-state index contributed by atoms with van der Waals surface area (Å²) in [5.41, 5.74) is 5.65. The summed E-state index contributed by atoms with van der Waals surface area (Å²) in [7, 11) is 0. The van der Waals surface area contributed by atoms with Gasteiger partial charge in [-0.1, -0.05) is 13.8 Å². The van der Waals surface area contributed by atoms with Gasteiger partial charge in [-0.25, -0.2) is 0 Å². The highest BCUT2D eigenvalue weighted by Gasteiger charge is 2.23. The second-order valence-electron chi connectivity index (χ2n) is 4.10. The quantitative estimate of drug-likeness (QED) is 0.591. The summed E-state index contributed by atoms with van der Waals surface area (Å²) < 4.78 is 0. The summed E-state index contributed by atoms with van der Waals surface area (Å²) in [4.78, 5) is 11.5. The van der Waals surface area contributed by atoms with Crippen LogP contribution in [0.3, 0.4) is 0 Å². The van der Waals surface area contributed by atoms with E-state index in [-0.39, 0.29) is 18.0 Å². The molecule has 1 saturated heterocycles. The predicted molar refractivity (Wildman–Crippen MR) is 56.8 cm³/mol. The first kappa shape index (κ1) is 11.5. The molecule has 1 aliphatic rings. The van der Waals surface area contributed by atoms with Gasteiger partial charge >= 0.3 is 0 Å². The maximum absolute atomic E-state index is 11.5. The highest BCUT2D eigenvalue weighted by atomic mass is 16.2. The van der Waals surface area contributed by atoms with Gasteiger partial charge in [-0.05, 0) is 25.3 Å². The van der Waals surface area contributed by atoms with Gasteiger partial charge in [0.2, 0.25) is 5.91 Å². The SMILES string of the molecule is CC[C@H](N)C(=O)NC1CNCCC1C. The Balaban J connectivity index is 2.38. The minimum absolute atomic E-state index is 0.0203. The minimum Gasteiger partial charge on any atom is -0.350 e. The molecule has 0 bridgehead atoms. The zero-order valence-electron chi connectivity index (χ0n) is 9.05. The van der Waals surface area contributed by atoms with E-state index < -0.39 is 0 Å². The fourth-order valence-electron chi connectivity index (χ4n) is 1.66. The molecule has 0 aromatic rings. The number of piperidine rings is 1. The van der Waals surface area contributed by atoms with Gasteiger partial charge in [0, 0.05) is 12.6 Å². The van der Waals surface area contributed by atoms with Crippen LogP contribution in [0.2, 0.25) is 0 Å². The molecule has 0 spiro atoms. The van der Waals surface area contributed by atoms with Crippen LogP contribution in [0.4, 0.5) is 0 Å². The Hall–Kier alpha value is -0.610. The molecule has 0 radical (unpaired) electrons. The largest absolute Gasteiger partial charge is 0.350 e. The summed E-state index contributed by atoms with van der Waals surface area (Å²) in [5.74, 6) is 0.525. The lowest BCUT2D eigenvalue weighted by Gasteiger charge is -2.30. The number of carbonyl (C=O) groups excluding carboxylic acids is 1. The molecule has 0 aromatic carbocycles. The van der Waals surface area contributed by atoms with Gasteiger partial charge in [0.1, 0.15) is 0 Å². The summed E-state index contributed by atoms with van der Waals surface area (Å²) in [6, 6.07) is -0.113. The van der Waals surface area contributed by atoms with E-state index in [1.807, 2.05) is 6.92 Å². The van der Waals surface area contributed by atoms with Crippen LogP contribution in [-0.4, -0.2) is 31.1 Å². The molecule has 1 fully saturated rings. The van der Waals surface area contributed by atoms with Crippen molar-refractivity contribution in [2.24, 2.45) is 11.7 Å². The summed E-state index contributed by atoms with van der Waals surface area (Å²) in [6.07, 6.45) is 1.81. The van der Waals surface area contributed by atoms with Gasteiger partial charge in [0.05, 0.1) is 6.04 Å². The Labute approximate surface area is 85.6 Å². The third kappa shape index (κ3) is 2.96. The molecule has 0 aliphatic carbocycles. The van der Waals surface area contributed by atoms with Crippen LogP contribution < -0.4 is 16.4 Å². The highest BCUT2D eigenvalue weighted by molar-refractivity contribution is 5.81. The lowest BCUT2D eigenvalue weighted by atomic mass is 9.94. The van der Waals surface area contributed by atoms with Crippen LogP contribution in [0, 0.1) is 5.92 Å². The molecular weight excluding hydrogens is 178 g/mol. The van der Waals surface area contributed by atoms with E-state index in [0.29, 0.717) is 12.3 Å². The number of hydrogen-bond donors (Lipinski definition) is 3.